The molecule has 28 heavy (non-hydrogen) atoms. The average molecular weight is 384 g/mol. The Morgan fingerprint density at radius 2 is 2.04 bits per heavy atom. The molecule has 148 valence electrons. The normalized spacial score (nSPS) is 15.8. The number of aromatic amines is 1. The van der Waals surface area contributed by atoms with Crippen LogP contribution < -0.4 is 10.1 Å². The third-order valence-corrected chi connectivity index (χ3v) is 4.84. The van der Waals surface area contributed by atoms with E-state index in [2.05, 4.69) is 30.2 Å². The minimum Gasteiger partial charge on any atom is -0.497 e. The number of fused-ring (bicyclic) bond motifs is 1. The van der Waals surface area contributed by atoms with Crippen molar-refractivity contribution >= 4 is 22.8 Å². The molecule has 0 atom stereocenters. The second-order valence-electron chi connectivity index (χ2n) is 6.99. The number of methoxy groups -OCH3 is 1. The van der Waals surface area contributed by atoms with Crippen LogP contribution in [-0.4, -0.2) is 70.7 Å². The third-order valence-electron chi connectivity index (χ3n) is 4.84. The maximum Gasteiger partial charge on any atom is 0.239 e. The number of imidazole rings is 1. The Labute approximate surface area is 162 Å². The highest BCUT2D eigenvalue weighted by molar-refractivity contribution is 5.91. The number of ether oxygens (including phenoxy) is 1. The van der Waals surface area contributed by atoms with E-state index >= 15 is 0 Å². The molecule has 9 nitrogen and oxygen atoms in total. The van der Waals surface area contributed by atoms with Gasteiger partial charge in [0.15, 0.2) is 5.82 Å². The van der Waals surface area contributed by atoms with Gasteiger partial charge >= 0.3 is 0 Å². The zero-order valence-electron chi connectivity index (χ0n) is 16.1. The quantitative estimate of drug-likeness (QED) is 0.666. The minimum atomic E-state index is -0.0759. The van der Waals surface area contributed by atoms with Gasteiger partial charge in [-0.25, -0.2) is 4.98 Å². The molecule has 0 saturated carbocycles. The standard InChI is InChI=1S/C19H24N6O3/c1-13-9-17(23-28-13)22-19(26)12-25-7-5-24(6-8-25)11-18-20-15-4-3-14(27-2)10-16(15)21-18/h3-4,9-10H,5-8,11-12H2,1-2H3,(H,20,21)(H,22,23,26). The van der Waals surface area contributed by atoms with Gasteiger partial charge in [0.25, 0.3) is 0 Å². The number of hydrogen-bond donors (Lipinski definition) is 2. The summed E-state index contributed by atoms with van der Waals surface area (Å²) in [5.74, 6) is 2.81. The zero-order valence-corrected chi connectivity index (χ0v) is 16.1. The lowest BCUT2D eigenvalue weighted by Gasteiger charge is -2.33. The van der Waals surface area contributed by atoms with E-state index in [-0.39, 0.29) is 5.91 Å². The Kier molecular flexibility index (Phi) is 5.27. The Morgan fingerprint density at radius 1 is 1.25 bits per heavy atom. The Morgan fingerprint density at radius 3 is 2.75 bits per heavy atom. The molecule has 0 bridgehead atoms. The lowest BCUT2D eigenvalue weighted by molar-refractivity contribution is -0.117. The maximum atomic E-state index is 12.1. The van der Waals surface area contributed by atoms with Crippen molar-refractivity contribution in [2.24, 2.45) is 0 Å². The van der Waals surface area contributed by atoms with Gasteiger partial charge in [0.1, 0.15) is 17.3 Å². The number of nitrogens with one attached hydrogen (secondary N) is 2. The zero-order chi connectivity index (χ0) is 19.5. The molecule has 1 amide bonds. The number of carbonyl (C=O) groups excluding carboxylic acids is 1. The van der Waals surface area contributed by atoms with Crippen molar-refractivity contribution in [1.82, 2.24) is 24.9 Å². The summed E-state index contributed by atoms with van der Waals surface area (Å²) in [5.41, 5.74) is 1.92. The number of carbonyl (C=O) groups is 1. The molecule has 9 heteroatoms. The molecule has 1 saturated heterocycles. The summed E-state index contributed by atoms with van der Waals surface area (Å²) < 4.78 is 10.2. The van der Waals surface area contributed by atoms with E-state index < -0.39 is 0 Å². The SMILES string of the molecule is COc1ccc2nc(CN3CCN(CC(=O)Nc4cc(C)on4)CC3)[nH]c2c1. The molecule has 0 unspecified atom stereocenters. The van der Waals surface area contributed by atoms with Crippen LogP contribution in [0.3, 0.4) is 0 Å². The van der Waals surface area contributed by atoms with Crippen LogP contribution in [-0.2, 0) is 11.3 Å². The molecular formula is C19H24N6O3. The third kappa shape index (κ3) is 4.32. The molecule has 2 N–H and O–H groups in total. The fourth-order valence-corrected chi connectivity index (χ4v) is 3.37. The summed E-state index contributed by atoms with van der Waals surface area (Å²) in [4.78, 5) is 24.6. The Balaban J connectivity index is 1.26. The van der Waals surface area contributed by atoms with Crippen LogP contribution in [0, 0.1) is 6.92 Å². The molecule has 3 aromatic rings. The molecular weight excluding hydrogens is 360 g/mol. The molecule has 4 rings (SSSR count). The summed E-state index contributed by atoms with van der Waals surface area (Å²) in [6.07, 6.45) is 0. The van der Waals surface area contributed by atoms with Crippen LogP contribution >= 0.6 is 0 Å². The number of aromatic nitrogens is 3. The summed E-state index contributed by atoms with van der Waals surface area (Å²) >= 11 is 0. The lowest BCUT2D eigenvalue weighted by Crippen LogP contribution is -2.48. The molecule has 0 spiro atoms. The van der Waals surface area contributed by atoms with Crippen LogP contribution in [0.5, 0.6) is 5.75 Å². The minimum absolute atomic E-state index is 0.0759. The Hall–Kier alpha value is -2.91. The molecule has 1 aliphatic rings. The number of aryl methyl sites for hydroxylation is 1. The van der Waals surface area contributed by atoms with Gasteiger partial charge in [-0.2, -0.15) is 0 Å². The smallest absolute Gasteiger partial charge is 0.239 e. The number of rotatable bonds is 6. The summed E-state index contributed by atoms with van der Waals surface area (Å²) in [6, 6.07) is 7.54. The summed E-state index contributed by atoms with van der Waals surface area (Å²) in [7, 11) is 1.66. The second-order valence-corrected chi connectivity index (χ2v) is 6.99. The van der Waals surface area contributed by atoms with E-state index in [4.69, 9.17) is 9.26 Å². The van der Waals surface area contributed by atoms with Crippen LogP contribution in [0.15, 0.2) is 28.8 Å². The number of H-pyrrole nitrogens is 1. The first kappa shape index (κ1) is 18.5. The second kappa shape index (κ2) is 7.99. The van der Waals surface area contributed by atoms with Crippen LogP contribution in [0.2, 0.25) is 0 Å². The Bertz CT molecular complexity index is 958. The highest BCUT2D eigenvalue weighted by Gasteiger charge is 2.20. The molecule has 1 aliphatic heterocycles. The maximum absolute atomic E-state index is 12.1. The van der Waals surface area contributed by atoms with Crippen molar-refractivity contribution < 1.29 is 14.1 Å². The summed E-state index contributed by atoms with van der Waals surface area (Å²) in [6.45, 7) is 6.34. The van der Waals surface area contributed by atoms with Crippen molar-refractivity contribution in [3.05, 3.63) is 35.9 Å². The van der Waals surface area contributed by atoms with Gasteiger partial charge in [0.05, 0.1) is 31.2 Å². The predicted octanol–water partition coefficient (Wildman–Crippen LogP) is 1.62. The summed E-state index contributed by atoms with van der Waals surface area (Å²) in [5, 5.41) is 6.55. The van der Waals surface area contributed by atoms with Crippen molar-refractivity contribution in [2.75, 3.05) is 45.2 Å². The van der Waals surface area contributed by atoms with Gasteiger partial charge < -0.3 is 19.6 Å². The van der Waals surface area contributed by atoms with Gasteiger partial charge in [-0.15, -0.1) is 0 Å². The first-order valence-electron chi connectivity index (χ1n) is 9.29. The molecule has 2 aromatic heterocycles. The molecule has 1 fully saturated rings. The monoisotopic (exact) mass is 384 g/mol. The highest BCUT2D eigenvalue weighted by Crippen LogP contribution is 2.19. The first-order chi connectivity index (χ1) is 13.6. The number of benzene rings is 1. The molecule has 0 radical (unpaired) electrons. The van der Waals surface area contributed by atoms with E-state index in [1.54, 1.807) is 20.1 Å². The molecule has 3 heterocycles. The van der Waals surface area contributed by atoms with Crippen molar-refractivity contribution in [3.8, 4) is 5.75 Å². The molecule has 1 aromatic carbocycles. The van der Waals surface area contributed by atoms with Gasteiger partial charge in [-0.05, 0) is 19.1 Å². The van der Waals surface area contributed by atoms with Gasteiger partial charge in [-0.1, -0.05) is 5.16 Å². The molecule has 0 aliphatic carbocycles. The van der Waals surface area contributed by atoms with E-state index in [0.29, 0.717) is 18.1 Å². The number of nitrogens with zero attached hydrogens (tertiary/aromatic N) is 4. The first-order valence-corrected chi connectivity index (χ1v) is 9.29. The van der Waals surface area contributed by atoms with Crippen LogP contribution in [0.1, 0.15) is 11.6 Å². The van der Waals surface area contributed by atoms with Gasteiger partial charge in [0, 0.05) is 38.3 Å². The van der Waals surface area contributed by atoms with E-state index in [1.165, 1.54) is 0 Å². The topological polar surface area (TPSA) is 99.5 Å². The van der Waals surface area contributed by atoms with Crippen molar-refractivity contribution in [3.63, 3.8) is 0 Å². The predicted molar refractivity (Wildman–Crippen MR) is 104 cm³/mol. The van der Waals surface area contributed by atoms with E-state index in [0.717, 1.165) is 55.3 Å². The lowest BCUT2D eigenvalue weighted by atomic mass is 10.3. The largest absolute Gasteiger partial charge is 0.497 e. The van der Waals surface area contributed by atoms with Gasteiger partial charge in [0.2, 0.25) is 5.91 Å². The fraction of sp³-hybridized carbons (Fsp3) is 0.421. The number of anilines is 1. The fourth-order valence-electron chi connectivity index (χ4n) is 3.37. The van der Waals surface area contributed by atoms with Crippen LogP contribution in [0.25, 0.3) is 11.0 Å². The van der Waals surface area contributed by atoms with E-state index in [1.807, 2.05) is 18.2 Å². The van der Waals surface area contributed by atoms with E-state index in [9.17, 15) is 4.79 Å². The van der Waals surface area contributed by atoms with Crippen molar-refractivity contribution in [1.29, 1.82) is 0 Å². The van der Waals surface area contributed by atoms with Crippen molar-refractivity contribution in [2.45, 2.75) is 13.5 Å². The highest BCUT2D eigenvalue weighted by atomic mass is 16.5. The van der Waals surface area contributed by atoms with Gasteiger partial charge in [-0.3, -0.25) is 14.6 Å². The number of amides is 1. The average Bonchev–Trinajstić information content (AvgIpc) is 3.27. The van der Waals surface area contributed by atoms with Crippen LogP contribution in [0.4, 0.5) is 5.82 Å². The number of piperazine rings is 1. The number of hydrogen-bond acceptors (Lipinski definition) is 7.